The standard InChI is InChI=1S/C27H31BN4O2/c1-3-32-24-17-22(34-16-15-28)13-14-23(24)25(29)26(32)20-9-11-21(12-10-20)30-27(33)31(2)18-19-7-5-4-6-8-19/h4-14,17H,3,15-16,18,28-29H2,1-2H3,(H,30,33). The van der Waals surface area contributed by atoms with E-state index in [1.165, 1.54) is 0 Å². The molecule has 0 aliphatic carbocycles. The molecule has 1 aromatic heterocycles. The third-order valence-corrected chi connectivity index (χ3v) is 5.88. The van der Waals surface area contributed by atoms with Gasteiger partial charge in [-0.15, -0.1) is 0 Å². The van der Waals surface area contributed by atoms with Crippen LogP contribution in [-0.2, 0) is 13.1 Å². The number of hydrogen-bond acceptors (Lipinski definition) is 3. The molecule has 0 fully saturated rings. The van der Waals surface area contributed by atoms with Crippen molar-refractivity contribution in [2.24, 2.45) is 0 Å². The van der Waals surface area contributed by atoms with Crippen LogP contribution in [0.5, 0.6) is 5.75 Å². The molecule has 2 amide bonds. The normalized spacial score (nSPS) is 10.9. The molecule has 0 saturated carbocycles. The van der Waals surface area contributed by atoms with Gasteiger partial charge in [0.25, 0.3) is 0 Å². The average Bonchev–Trinajstić information content (AvgIpc) is 3.14. The number of nitrogens with one attached hydrogen (secondary N) is 1. The zero-order valence-corrected chi connectivity index (χ0v) is 20.0. The first-order chi connectivity index (χ1) is 16.5. The third kappa shape index (κ3) is 4.88. The fourth-order valence-electron chi connectivity index (χ4n) is 4.16. The van der Waals surface area contributed by atoms with Crippen LogP contribution in [0.25, 0.3) is 22.2 Å². The molecule has 0 aliphatic rings. The summed E-state index contributed by atoms with van der Waals surface area (Å²) >= 11 is 0. The van der Waals surface area contributed by atoms with Crippen LogP contribution >= 0.6 is 0 Å². The minimum Gasteiger partial charge on any atom is -0.494 e. The minimum atomic E-state index is -0.154. The van der Waals surface area contributed by atoms with Crippen LogP contribution in [0.4, 0.5) is 16.2 Å². The summed E-state index contributed by atoms with van der Waals surface area (Å²) < 4.78 is 8.04. The van der Waals surface area contributed by atoms with E-state index in [1.807, 2.05) is 66.7 Å². The lowest BCUT2D eigenvalue weighted by Crippen LogP contribution is -2.30. The summed E-state index contributed by atoms with van der Waals surface area (Å²) in [7, 11) is 3.88. The number of aromatic nitrogens is 1. The van der Waals surface area contributed by atoms with Crippen LogP contribution < -0.4 is 15.8 Å². The predicted octanol–water partition coefficient (Wildman–Crippen LogP) is 5.00. The number of amides is 2. The van der Waals surface area contributed by atoms with Gasteiger partial charge in [-0.1, -0.05) is 42.5 Å². The summed E-state index contributed by atoms with van der Waals surface area (Å²) in [5.41, 5.74) is 12.2. The second-order valence-electron chi connectivity index (χ2n) is 8.38. The maximum absolute atomic E-state index is 12.6. The van der Waals surface area contributed by atoms with E-state index >= 15 is 0 Å². The van der Waals surface area contributed by atoms with Gasteiger partial charge in [0, 0.05) is 42.8 Å². The Morgan fingerprint density at radius 1 is 1.09 bits per heavy atom. The van der Waals surface area contributed by atoms with E-state index in [0.717, 1.165) is 57.7 Å². The van der Waals surface area contributed by atoms with E-state index in [2.05, 4.69) is 30.7 Å². The zero-order valence-electron chi connectivity index (χ0n) is 20.0. The molecule has 0 unspecified atom stereocenters. The van der Waals surface area contributed by atoms with Crippen LogP contribution in [-0.4, -0.2) is 37.0 Å². The van der Waals surface area contributed by atoms with Crippen LogP contribution in [0, 0.1) is 0 Å². The number of benzene rings is 3. The number of nitrogens with two attached hydrogens (primary N) is 1. The van der Waals surface area contributed by atoms with Gasteiger partial charge >= 0.3 is 6.03 Å². The summed E-state index contributed by atoms with van der Waals surface area (Å²) in [6, 6.07) is 23.7. The van der Waals surface area contributed by atoms with Gasteiger partial charge in [-0.2, -0.15) is 0 Å². The van der Waals surface area contributed by atoms with Crippen LogP contribution in [0.1, 0.15) is 12.5 Å². The Hall–Kier alpha value is -3.87. The summed E-state index contributed by atoms with van der Waals surface area (Å²) in [4.78, 5) is 14.3. The zero-order chi connectivity index (χ0) is 24.1. The molecule has 0 atom stereocenters. The van der Waals surface area contributed by atoms with Gasteiger partial charge < -0.3 is 25.3 Å². The molecule has 34 heavy (non-hydrogen) atoms. The topological polar surface area (TPSA) is 72.5 Å². The number of fused-ring (bicyclic) bond motifs is 1. The highest BCUT2D eigenvalue weighted by Gasteiger charge is 2.17. The monoisotopic (exact) mass is 454 g/mol. The van der Waals surface area contributed by atoms with Crippen LogP contribution in [0.2, 0.25) is 6.32 Å². The Kier molecular flexibility index (Phi) is 7.11. The molecule has 7 heteroatoms. The number of ether oxygens (including phenoxy) is 1. The lowest BCUT2D eigenvalue weighted by atomic mass is 10.1. The lowest BCUT2D eigenvalue weighted by molar-refractivity contribution is 0.220. The molecule has 0 radical (unpaired) electrons. The van der Waals surface area contributed by atoms with Crippen molar-refractivity contribution in [3.05, 3.63) is 78.4 Å². The molecular weight excluding hydrogens is 423 g/mol. The highest BCUT2D eigenvalue weighted by atomic mass is 16.5. The van der Waals surface area contributed by atoms with Crippen molar-refractivity contribution in [1.29, 1.82) is 0 Å². The van der Waals surface area contributed by atoms with Crippen molar-refractivity contribution >= 4 is 36.2 Å². The fourth-order valence-corrected chi connectivity index (χ4v) is 4.16. The molecule has 0 bridgehead atoms. The number of rotatable bonds is 8. The number of aryl methyl sites for hydroxylation is 1. The van der Waals surface area contributed by atoms with E-state index in [4.69, 9.17) is 10.5 Å². The molecule has 6 nitrogen and oxygen atoms in total. The number of carbonyl (C=O) groups excluding carboxylic acids is 1. The van der Waals surface area contributed by atoms with Gasteiger partial charge in [-0.25, -0.2) is 4.79 Å². The van der Waals surface area contributed by atoms with Crippen molar-refractivity contribution in [1.82, 2.24) is 9.47 Å². The Morgan fingerprint density at radius 2 is 1.82 bits per heavy atom. The van der Waals surface area contributed by atoms with Gasteiger partial charge in [0.2, 0.25) is 0 Å². The van der Waals surface area contributed by atoms with Crippen molar-refractivity contribution in [2.75, 3.05) is 24.7 Å². The second kappa shape index (κ2) is 10.4. The van der Waals surface area contributed by atoms with E-state index < -0.39 is 0 Å². The third-order valence-electron chi connectivity index (χ3n) is 5.88. The van der Waals surface area contributed by atoms with E-state index in [-0.39, 0.29) is 6.03 Å². The first kappa shape index (κ1) is 23.3. The Balaban J connectivity index is 1.54. The molecular formula is C27H31BN4O2. The van der Waals surface area contributed by atoms with Gasteiger partial charge in [-0.05, 0) is 43.1 Å². The van der Waals surface area contributed by atoms with Crippen molar-refractivity contribution in [3.63, 3.8) is 0 Å². The summed E-state index contributed by atoms with van der Waals surface area (Å²) in [5, 5.41) is 3.98. The number of nitrogen functional groups attached to an aromatic ring is 1. The smallest absolute Gasteiger partial charge is 0.321 e. The van der Waals surface area contributed by atoms with Crippen molar-refractivity contribution in [2.45, 2.75) is 26.3 Å². The van der Waals surface area contributed by atoms with Crippen molar-refractivity contribution < 1.29 is 9.53 Å². The summed E-state index contributed by atoms with van der Waals surface area (Å²) in [6.45, 7) is 4.12. The molecule has 0 spiro atoms. The molecule has 1 heterocycles. The molecule has 4 aromatic rings. The summed E-state index contributed by atoms with van der Waals surface area (Å²) in [5.74, 6) is 0.853. The first-order valence-corrected chi connectivity index (χ1v) is 11.7. The van der Waals surface area contributed by atoms with Crippen LogP contribution in [0.3, 0.4) is 0 Å². The molecule has 0 saturated heterocycles. The number of anilines is 2. The van der Waals surface area contributed by atoms with Crippen molar-refractivity contribution in [3.8, 4) is 17.0 Å². The quantitative estimate of drug-likeness (QED) is 0.368. The van der Waals surface area contributed by atoms with Gasteiger partial charge in [0.15, 0.2) is 0 Å². The first-order valence-electron chi connectivity index (χ1n) is 11.7. The number of carbonyl (C=O) groups is 1. The Morgan fingerprint density at radius 3 is 2.50 bits per heavy atom. The minimum absolute atomic E-state index is 0.154. The molecule has 3 aromatic carbocycles. The number of urea groups is 1. The Labute approximate surface area is 201 Å². The Bertz CT molecular complexity index is 1270. The SMILES string of the molecule is BCCOc1ccc2c(N)c(-c3ccc(NC(=O)N(C)Cc4ccccc4)cc3)n(CC)c2c1. The maximum atomic E-state index is 12.6. The van der Waals surface area contributed by atoms with E-state index in [9.17, 15) is 4.79 Å². The number of nitrogens with zero attached hydrogens (tertiary/aromatic N) is 2. The molecule has 174 valence electrons. The molecule has 0 aliphatic heterocycles. The van der Waals surface area contributed by atoms with Gasteiger partial charge in [0.1, 0.15) is 13.6 Å². The largest absolute Gasteiger partial charge is 0.494 e. The summed E-state index contributed by atoms with van der Waals surface area (Å²) in [6.07, 6.45) is 0.963. The second-order valence-corrected chi connectivity index (χ2v) is 8.38. The average molecular weight is 454 g/mol. The molecule has 3 N–H and O–H groups in total. The number of hydrogen-bond donors (Lipinski definition) is 2. The molecule has 4 rings (SSSR count). The van der Waals surface area contributed by atoms with Gasteiger partial charge in [0.05, 0.1) is 23.5 Å². The van der Waals surface area contributed by atoms with Crippen LogP contribution in [0.15, 0.2) is 72.8 Å². The maximum Gasteiger partial charge on any atom is 0.321 e. The van der Waals surface area contributed by atoms with E-state index in [1.54, 1.807) is 11.9 Å². The highest BCUT2D eigenvalue weighted by Crippen LogP contribution is 2.38. The lowest BCUT2D eigenvalue weighted by Gasteiger charge is -2.18. The van der Waals surface area contributed by atoms with Gasteiger partial charge in [-0.3, -0.25) is 0 Å². The predicted molar refractivity (Wildman–Crippen MR) is 143 cm³/mol. The fraction of sp³-hybridized carbons (Fsp3) is 0.222. The van der Waals surface area contributed by atoms with E-state index in [0.29, 0.717) is 13.2 Å². The highest BCUT2D eigenvalue weighted by molar-refractivity contribution is 6.08.